The Balaban J connectivity index is 1.58. The summed E-state index contributed by atoms with van der Waals surface area (Å²) >= 11 is 11.8. The van der Waals surface area contributed by atoms with Gasteiger partial charge in [0.05, 0.1) is 25.8 Å². The standard InChI is InChI=1S/C21H20Cl2FNO4S/c1-21(27)12-7-13(21)9-15(8-12)30(28,29)19-6-11(2-4-17(19)23)20(26)25-14-3-5-16(22)18(24)10-14/h2-6,10,12-13,15,27H,7-9H2,1H3,(H,25,26)/t12-,13?,15?,21?/m0/s1. The third kappa shape index (κ3) is 3.62. The number of aliphatic hydroxyl groups is 1. The van der Waals surface area contributed by atoms with Gasteiger partial charge >= 0.3 is 0 Å². The van der Waals surface area contributed by atoms with Crippen molar-refractivity contribution in [3.05, 3.63) is 57.8 Å². The van der Waals surface area contributed by atoms with Crippen LogP contribution in [0.3, 0.4) is 0 Å². The number of anilines is 1. The van der Waals surface area contributed by atoms with Crippen molar-refractivity contribution in [1.29, 1.82) is 0 Å². The first kappa shape index (κ1) is 21.6. The first-order chi connectivity index (χ1) is 14.0. The third-order valence-corrected chi connectivity index (χ3v) is 9.39. The van der Waals surface area contributed by atoms with E-state index in [0.717, 1.165) is 12.5 Å². The molecule has 0 radical (unpaired) electrons. The van der Waals surface area contributed by atoms with Crippen molar-refractivity contribution in [3.63, 3.8) is 0 Å². The number of halogens is 3. The van der Waals surface area contributed by atoms with Gasteiger partial charge in [0.15, 0.2) is 9.84 Å². The zero-order chi connectivity index (χ0) is 21.8. The van der Waals surface area contributed by atoms with Crippen LogP contribution in [0.5, 0.6) is 0 Å². The number of nitrogens with one attached hydrogen (secondary N) is 1. The molecule has 3 unspecified atom stereocenters. The van der Waals surface area contributed by atoms with E-state index >= 15 is 0 Å². The van der Waals surface area contributed by atoms with Crippen LogP contribution in [0, 0.1) is 17.7 Å². The fourth-order valence-electron chi connectivity index (χ4n) is 4.47. The molecule has 2 aromatic rings. The summed E-state index contributed by atoms with van der Waals surface area (Å²) in [4.78, 5) is 12.5. The Kier molecular flexibility index (Phi) is 5.37. The molecule has 0 aromatic heterocycles. The smallest absolute Gasteiger partial charge is 0.255 e. The minimum atomic E-state index is -3.79. The molecule has 2 bridgehead atoms. The SMILES string of the molecule is CC1(O)C2CC(S(=O)(=O)c3cc(C(=O)Nc4ccc(Cl)c(F)c4)ccc3Cl)C[C@@H]1C2. The van der Waals surface area contributed by atoms with Crippen LogP contribution in [0.25, 0.3) is 0 Å². The predicted molar refractivity (Wildman–Crippen MR) is 113 cm³/mol. The first-order valence-corrected chi connectivity index (χ1v) is 11.8. The average molecular weight is 472 g/mol. The van der Waals surface area contributed by atoms with E-state index in [-0.39, 0.29) is 38.0 Å². The number of carbonyl (C=O) groups excluding carboxylic acids is 1. The first-order valence-electron chi connectivity index (χ1n) is 9.52. The molecule has 0 heterocycles. The van der Waals surface area contributed by atoms with Crippen molar-refractivity contribution in [3.8, 4) is 0 Å². The second kappa shape index (κ2) is 7.48. The number of benzene rings is 2. The Morgan fingerprint density at radius 1 is 1.10 bits per heavy atom. The second-order valence-corrected chi connectivity index (χ2v) is 11.2. The highest BCUT2D eigenvalue weighted by molar-refractivity contribution is 7.92. The van der Waals surface area contributed by atoms with E-state index in [9.17, 15) is 22.7 Å². The Bertz CT molecular complexity index is 1120. The molecule has 1 amide bonds. The summed E-state index contributed by atoms with van der Waals surface area (Å²) in [5.41, 5.74) is -0.539. The number of rotatable bonds is 4. The Labute approximate surface area is 184 Å². The number of sulfone groups is 1. The largest absolute Gasteiger partial charge is 0.390 e. The predicted octanol–water partition coefficient (Wildman–Crippen LogP) is 4.71. The Morgan fingerprint density at radius 2 is 1.73 bits per heavy atom. The topological polar surface area (TPSA) is 83.5 Å². The molecule has 3 aliphatic rings. The van der Waals surface area contributed by atoms with Gasteiger partial charge in [-0.25, -0.2) is 12.8 Å². The molecule has 4 atom stereocenters. The molecule has 2 N–H and O–H groups in total. The lowest BCUT2D eigenvalue weighted by Gasteiger charge is -2.56. The summed E-state index contributed by atoms with van der Waals surface area (Å²) in [7, 11) is -3.79. The van der Waals surface area contributed by atoms with Crippen LogP contribution in [-0.4, -0.2) is 30.3 Å². The van der Waals surface area contributed by atoms with E-state index < -0.39 is 32.4 Å². The van der Waals surface area contributed by atoms with Gasteiger partial charge in [0.2, 0.25) is 0 Å². The molecule has 2 aromatic carbocycles. The van der Waals surface area contributed by atoms with Gasteiger partial charge in [0.1, 0.15) is 5.82 Å². The highest BCUT2D eigenvalue weighted by Crippen LogP contribution is 2.55. The van der Waals surface area contributed by atoms with E-state index in [1.165, 1.54) is 30.3 Å². The minimum Gasteiger partial charge on any atom is -0.390 e. The van der Waals surface area contributed by atoms with Crippen molar-refractivity contribution < 1.29 is 22.7 Å². The maximum absolute atomic E-state index is 13.6. The molecule has 3 fully saturated rings. The van der Waals surface area contributed by atoms with Crippen molar-refractivity contribution >= 4 is 44.6 Å². The van der Waals surface area contributed by atoms with Crippen molar-refractivity contribution in [2.24, 2.45) is 11.8 Å². The van der Waals surface area contributed by atoms with Crippen molar-refractivity contribution in [2.75, 3.05) is 5.32 Å². The summed E-state index contributed by atoms with van der Waals surface area (Å²) in [6, 6.07) is 7.86. The van der Waals surface area contributed by atoms with E-state index in [2.05, 4.69) is 5.32 Å². The lowest BCUT2D eigenvalue weighted by atomic mass is 9.54. The van der Waals surface area contributed by atoms with Crippen LogP contribution in [0.4, 0.5) is 10.1 Å². The van der Waals surface area contributed by atoms with Crippen molar-refractivity contribution in [2.45, 2.75) is 41.9 Å². The molecule has 160 valence electrons. The number of fused-ring (bicyclic) bond motifs is 2. The molecule has 0 saturated heterocycles. The van der Waals surface area contributed by atoms with Crippen LogP contribution >= 0.6 is 23.2 Å². The van der Waals surface area contributed by atoms with E-state index in [4.69, 9.17) is 23.2 Å². The lowest BCUT2D eigenvalue weighted by molar-refractivity contribution is -0.162. The molecule has 30 heavy (non-hydrogen) atoms. The maximum atomic E-state index is 13.6. The normalized spacial score (nSPS) is 28.0. The van der Waals surface area contributed by atoms with Gasteiger partial charge in [-0.05, 0) is 74.4 Å². The van der Waals surface area contributed by atoms with E-state index in [1.54, 1.807) is 6.92 Å². The summed E-state index contributed by atoms with van der Waals surface area (Å²) in [6.45, 7) is 1.76. The quantitative estimate of drug-likeness (QED) is 0.676. The van der Waals surface area contributed by atoms with Crippen LogP contribution in [0.1, 0.15) is 36.5 Å². The second-order valence-electron chi connectivity index (χ2n) is 8.22. The lowest BCUT2D eigenvalue weighted by Crippen LogP contribution is -2.60. The molecule has 3 aliphatic carbocycles. The van der Waals surface area contributed by atoms with Gasteiger partial charge in [-0.3, -0.25) is 4.79 Å². The van der Waals surface area contributed by atoms with E-state index in [0.29, 0.717) is 12.8 Å². The number of carbonyl (C=O) groups is 1. The summed E-state index contributed by atoms with van der Waals surface area (Å²) < 4.78 is 40.1. The molecular formula is C21H20Cl2FNO4S. The third-order valence-electron chi connectivity index (χ3n) is 6.43. The van der Waals surface area contributed by atoms with Gasteiger partial charge in [-0.2, -0.15) is 0 Å². The molecule has 5 nitrogen and oxygen atoms in total. The summed E-state index contributed by atoms with van der Waals surface area (Å²) in [6.07, 6.45) is 1.55. The summed E-state index contributed by atoms with van der Waals surface area (Å²) in [5.74, 6) is -1.39. The average Bonchev–Trinajstić information content (AvgIpc) is 2.70. The number of hydrogen-bond donors (Lipinski definition) is 2. The molecule has 0 aliphatic heterocycles. The molecule has 3 saturated carbocycles. The molecule has 9 heteroatoms. The van der Waals surface area contributed by atoms with Crippen molar-refractivity contribution in [1.82, 2.24) is 0 Å². The summed E-state index contributed by atoms with van der Waals surface area (Å²) in [5, 5.41) is 12.2. The Hall–Kier alpha value is -1.67. The zero-order valence-electron chi connectivity index (χ0n) is 16.0. The Morgan fingerprint density at radius 3 is 2.33 bits per heavy atom. The minimum absolute atomic E-state index is 0.0371. The van der Waals surface area contributed by atoms with Gasteiger partial charge in [0.25, 0.3) is 5.91 Å². The zero-order valence-corrected chi connectivity index (χ0v) is 18.4. The van der Waals surface area contributed by atoms with Crippen LogP contribution in [0.2, 0.25) is 10.0 Å². The number of amides is 1. The molecule has 0 spiro atoms. The number of hydrogen-bond acceptors (Lipinski definition) is 4. The van der Waals surface area contributed by atoms with Gasteiger partial charge < -0.3 is 10.4 Å². The fraction of sp³-hybridized carbons (Fsp3) is 0.381. The maximum Gasteiger partial charge on any atom is 0.255 e. The van der Waals surface area contributed by atoms with Crippen LogP contribution in [-0.2, 0) is 9.84 Å². The highest BCUT2D eigenvalue weighted by Gasteiger charge is 2.57. The fourth-order valence-corrected chi connectivity index (χ4v) is 6.99. The highest BCUT2D eigenvalue weighted by atomic mass is 35.5. The van der Waals surface area contributed by atoms with Gasteiger partial charge in [0, 0.05) is 11.3 Å². The van der Waals surface area contributed by atoms with E-state index in [1.807, 2.05) is 0 Å². The molecular weight excluding hydrogens is 452 g/mol. The van der Waals surface area contributed by atoms with Gasteiger partial charge in [-0.1, -0.05) is 23.2 Å². The van der Waals surface area contributed by atoms with Crippen LogP contribution in [0.15, 0.2) is 41.3 Å². The monoisotopic (exact) mass is 471 g/mol. The molecule has 5 rings (SSSR count). The van der Waals surface area contributed by atoms with Gasteiger partial charge in [-0.15, -0.1) is 0 Å². The van der Waals surface area contributed by atoms with Crippen LogP contribution < -0.4 is 5.32 Å².